The van der Waals surface area contributed by atoms with Gasteiger partial charge in [0.25, 0.3) is 0 Å². The summed E-state index contributed by atoms with van der Waals surface area (Å²) in [5.74, 6) is 0.769. The summed E-state index contributed by atoms with van der Waals surface area (Å²) in [6.07, 6.45) is 0. The van der Waals surface area contributed by atoms with Crippen molar-refractivity contribution in [3.8, 4) is 5.75 Å². The van der Waals surface area contributed by atoms with Gasteiger partial charge in [-0.2, -0.15) is 0 Å². The molecular weight excluding hydrogens is 490 g/mol. The maximum absolute atomic E-state index is 6.21. The second-order valence-electron chi connectivity index (χ2n) is 6.44. The van der Waals surface area contributed by atoms with Gasteiger partial charge >= 0.3 is 0 Å². The maximum Gasteiger partial charge on any atom is 0.148 e. The first-order chi connectivity index (χ1) is 12.9. The van der Waals surface area contributed by atoms with Gasteiger partial charge in [-0.15, -0.1) is 0 Å². The van der Waals surface area contributed by atoms with Crippen LogP contribution in [0.25, 0.3) is 0 Å². The Morgan fingerprint density at radius 1 is 0.963 bits per heavy atom. The Hall–Kier alpha value is -1.49. The number of anilines is 1. The Kier molecular flexibility index (Phi) is 6.85. The lowest BCUT2D eigenvalue weighted by atomic mass is 10.1. The molecule has 0 amide bonds. The van der Waals surface area contributed by atoms with Crippen LogP contribution in [-0.2, 0) is 13.2 Å². The summed E-state index contributed by atoms with van der Waals surface area (Å²) in [6.45, 7) is 5.36. The van der Waals surface area contributed by atoms with Crippen LogP contribution in [0, 0.1) is 13.8 Å². The van der Waals surface area contributed by atoms with Crippen molar-refractivity contribution in [1.29, 1.82) is 0 Å². The van der Waals surface area contributed by atoms with Crippen LogP contribution in [0.5, 0.6) is 5.75 Å². The van der Waals surface area contributed by atoms with Gasteiger partial charge in [0.05, 0.1) is 8.95 Å². The minimum Gasteiger partial charge on any atom is -0.486 e. The monoisotopic (exact) mass is 507 g/mol. The van der Waals surface area contributed by atoms with E-state index >= 15 is 0 Å². The Morgan fingerprint density at radius 2 is 1.67 bits per heavy atom. The molecule has 3 aromatic rings. The fourth-order valence-corrected chi connectivity index (χ4v) is 4.53. The van der Waals surface area contributed by atoms with Gasteiger partial charge in [0.2, 0.25) is 0 Å². The molecule has 0 saturated carbocycles. The Bertz CT molecular complexity index is 936. The summed E-state index contributed by atoms with van der Waals surface area (Å²) in [4.78, 5) is 0. The van der Waals surface area contributed by atoms with E-state index in [4.69, 9.17) is 16.3 Å². The second-order valence-corrected chi connectivity index (χ2v) is 8.56. The minimum absolute atomic E-state index is 0.414. The molecule has 0 aliphatic carbocycles. The molecule has 3 rings (SSSR count). The van der Waals surface area contributed by atoms with Crippen LogP contribution in [-0.4, -0.2) is 0 Å². The van der Waals surface area contributed by atoms with Crippen molar-refractivity contribution < 1.29 is 4.74 Å². The molecule has 0 saturated heterocycles. The van der Waals surface area contributed by atoms with Crippen molar-refractivity contribution in [3.05, 3.63) is 90.8 Å². The predicted octanol–water partition coefficient (Wildman–Crippen LogP) is 7.67. The van der Waals surface area contributed by atoms with E-state index < -0.39 is 0 Å². The van der Waals surface area contributed by atoms with Crippen LogP contribution >= 0.6 is 43.5 Å². The number of ether oxygens (including phenoxy) is 1. The van der Waals surface area contributed by atoms with Crippen molar-refractivity contribution in [1.82, 2.24) is 0 Å². The van der Waals surface area contributed by atoms with Gasteiger partial charge in [-0.25, -0.2) is 0 Å². The third-order valence-electron chi connectivity index (χ3n) is 4.25. The molecule has 0 spiro atoms. The predicted molar refractivity (Wildman–Crippen MR) is 121 cm³/mol. The fraction of sp³-hybridized carbons (Fsp3) is 0.182. The van der Waals surface area contributed by atoms with Gasteiger partial charge in [0, 0.05) is 22.8 Å². The van der Waals surface area contributed by atoms with Crippen LogP contribution in [0.3, 0.4) is 0 Å². The summed E-state index contributed by atoms with van der Waals surface area (Å²) in [5.41, 5.74) is 5.76. The zero-order chi connectivity index (χ0) is 19.4. The summed E-state index contributed by atoms with van der Waals surface area (Å²) in [5, 5.41) is 4.20. The number of hydrogen-bond acceptors (Lipinski definition) is 2. The molecular formula is C22H20Br2ClNO. The number of hydrogen-bond donors (Lipinski definition) is 1. The number of rotatable bonds is 6. The molecule has 5 heteroatoms. The highest BCUT2D eigenvalue weighted by atomic mass is 79.9. The van der Waals surface area contributed by atoms with Gasteiger partial charge in [0.15, 0.2) is 0 Å². The van der Waals surface area contributed by atoms with Gasteiger partial charge in [0.1, 0.15) is 12.4 Å². The Morgan fingerprint density at radius 3 is 2.33 bits per heavy atom. The standard InChI is InChI=1S/C22H20Br2ClNO/c1-14-7-8-21(15(2)9-14)26-12-16-10-18(23)22(19(24)11-16)27-13-17-5-3-4-6-20(17)25/h3-11,26H,12-13H2,1-2H3. The molecule has 3 aromatic carbocycles. The lowest BCUT2D eigenvalue weighted by Gasteiger charge is -2.14. The lowest BCUT2D eigenvalue weighted by Crippen LogP contribution is -2.03. The Labute approximate surface area is 182 Å². The quantitative estimate of drug-likeness (QED) is 0.368. The summed E-state index contributed by atoms with van der Waals surface area (Å²) in [7, 11) is 0. The first kappa shape index (κ1) is 20.2. The zero-order valence-electron chi connectivity index (χ0n) is 15.2. The average Bonchev–Trinajstić information content (AvgIpc) is 2.61. The summed E-state index contributed by atoms with van der Waals surface area (Å²) in [6, 6.07) is 18.3. The smallest absolute Gasteiger partial charge is 0.148 e. The third kappa shape index (κ3) is 5.28. The van der Waals surface area contributed by atoms with E-state index in [0.717, 1.165) is 38.1 Å². The van der Waals surface area contributed by atoms with E-state index in [2.05, 4.69) is 81.4 Å². The second kappa shape index (κ2) is 9.13. The van der Waals surface area contributed by atoms with Gasteiger partial charge in [-0.05, 0) is 81.1 Å². The average molecular weight is 510 g/mol. The largest absolute Gasteiger partial charge is 0.486 e. The summed E-state index contributed by atoms with van der Waals surface area (Å²) >= 11 is 13.5. The van der Waals surface area contributed by atoms with E-state index in [-0.39, 0.29) is 0 Å². The van der Waals surface area contributed by atoms with E-state index in [9.17, 15) is 0 Å². The first-order valence-electron chi connectivity index (χ1n) is 8.59. The SMILES string of the molecule is Cc1ccc(NCc2cc(Br)c(OCc3ccccc3Cl)c(Br)c2)c(C)c1. The number of aryl methyl sites for hydroxylation is 2. The molecule has 0 aromatic heterocycles. The molecule has 0 radical (unpaired) electrons. The van der Waals surface area contributed by atoms with Crippen LogP contribution < -0.4 is 10.1 Å². The van der Waals surface area contributed by atoms with Crippen molar-refractivity contribution >= 4 is 49.1 Å². The molecule has 1 N–H and O–H groups in total. The van der Waals surface area contributed by atoms with Gasteiger partial charge in [-0.3, -0.25) is 0 Å². The molecule has 0 heterocycles. The van der Waals surface area contributed by atoms with Crippen molar-refractivity contribution in [3.63, 3.8) is 0 Å². The third-order valence-corrected chi connectivity index (χ3v) is 5.80. The summed E-state index contributed by atoms with van der Waals surface area (Å²) < 4.78 is 7.79. The Balaban J connectivity index is 1.70. The molecule has 0 aliphatic rings. The molecule has 0 aliphatic heterocycles. The molecule has 2 nitrogen and oxygen atoms in total. The van der Waals surface area contributed by atoms with Crippen LogP contribution in [0.2, 0.25) is 5.02 Å². The zero-order valence-corrected chi connectivity index (χ0v) is 19.1. The van der Waals surface area contributed by atoms with Crippen molar-refractivity contribution in [2.75, 3.05) is 5.32 Å². The highest BCUT2D eigenvalue weighted by Gasteiger charge is 2.11. The minimum atomic E-state index is 0.414. The van der Waals surface area contributed by atoms with Crippen LogP contribution in [0.15, 0.2) is 63.5 Å². The van der Waals surface area contributed by atoms with Gasteiger partial charge in [-0.1, -0.05) is 47.5 Å². The molecule has 27 heavy (non-hydrogen) atoms. The maximum atomic E-state index is 6.21. The van der Waals surface area contributed by atoms with Gasteiger partial charge < -0.3 is 10.1 Å². The molecule has 0 unspecified atom stereocenters. The van der Waals surface area contributed by atoms with E-state index in [0.29, 0.717) is 11.6 Å². The van der Waals surface area contributed by atoms with E-state index in [1.807, 2.05) is 24.3 Å². The number of benzene rings is 3. The molecule has 0 fully saturated rings. The number of halogens is 3. The van der Waals surface area contributed by atoms with E-state index in [1.54, 1.807) is 0 Å². The fourth-order valence-electron chi connectivity index (χ4n) is 2.83. The van der Waals surface area contributed by atoms with Crippen molar-refractivity contribution in [2.45, 2.75) is 27.0 Å². The molecule has 140 valence electrons. The normalized spacial score (nSPS) is 10.7. The first-order valence-corrected chi connectivity index (χ1v) is 10.6. The van der Waals surface area contributed by atoms with E-state index in [1.165, 1.54) is 11.1 Å². The van der Waals surface area contributed by atoms with Crippen LogP contribution in [0.4, 0.5) is 5.69 Å². The number of nitrogens with one attached hydrogen (secondary N) is 1. The molecule has 0 atom stereocenters. The van der Waals surface area contributed by atoms with Crippen molar-refractivity contribution in [2.24, 2.45) is 0 Å². The lowest BCUT2D eigenvalue weighted by molar-refractivity contribution is 0.302. The van der Waals surface area contributed by atoms with Crippen LogP contribution in [0.1, 0.15) is 22.3 Å². The highest BCUT2D eigenvalue weighted by molar-refractivity contribution is 9.11. The highest BCUT2D eigenvalue weighted by Crippen LogP contribution is 2.36. The topological polar surface area (TPSA) is 21.3 Å². The molecule has 0 bridgehead atoms.